The normalized spacial score (nSPS) is 25.7. The second kappa shape index (κ2) is 7.24. The standard InChI is InChI=1S/C19H21BrO/c20-17-13-18(12-11-15-7-3-1-4-8-15)21-19(14-17)16-9-5-2-6-10-16/h1-10,17-19H,11-14H2/t17-,18+,19+/m1/s1. The van der Waals surface area contributed by atoms with Crippen molar-refractivity contribution in [1.82, 2.24) is 0 Å². The van der Waals surface area contributed by atoms with Crippen molar-refractivity contribution in [2.75, 3.05) is 0 Å². The number of hydrogen-bond donors (Lipinski definition) is 0. The van der Waals surface area contributed by atoms with E-state index in [1.807, 2.05) is 0 Å². The van der Waals surface area contributed by atoms with Crippen molar-refractivity contribution in [2.45, 2.75) is 42.7 Å². The number of ether oxygens (including phenoxy) is 1. The molecule has 1 heterocycles. The van der Waals surface area contributed by atoms with Crippen molar-refractivity contribution < 1.29 is 4.74 Å². The lowest BCUT2D eigenvalue weighted by Crippen LogP contribution is -2.29. The minimum atomic E-state index is 0.227. The van der Waals surface area contributed by atoms with Gasteiger partial charge in [-0.15, -0.1) is 0 Å². The molecule has 0 radical (unpaired) electrons. The predicted octanol–water partition coefficient (Wildman–Crippen LogP) is 5.30. The van der Waals surface area contributed by atoms with Crippen LogP contribution in [-0.2, 0) is 11.2 Å². The maximum absolute atomic E-state index is 6.33. The van der Waals surface area contributed by atoms with Crippen LogP contribution in [0.5, 0.6) is 0 Å². The van der Waals surface area contributed by atoms with Gasteiger partial charge in [0.05, 0.1) is 12.2 Å². The zero-order valence-electron chi connectivity index (χ0n) is 12.1. The van der Waals surface area contributed by atoms with Gasteiger partial charge in [0, 0.05) is 4.83 Å². The smallest absolute Gasteiger partial charge is 0.0839 e. The molecule has 1 fully saturated rings. The first-order chi connectivity index (χ1) is 10.3. The molecule has 21 heavy (non-hydrogen) atoms. The average Bonchev–Trinajstić information content (AvgIpc) is 2.54. The maximum Gasteiger partial charge on any atom is 0.0839 e. The summed E-state index contributed by atoms with van der Waals surface area (Å²) in [5.74, 6) is 0. The molecule has 0 unspecified atom stereocenters. The van der Waals surface area contributed by atoms with Crippen molar-refractivity contribution in [2.24, 2.45) is 0 Å². The molecule has 0 amide bonds. The molecular formula is C19H21BrO. The molecule has 0 N–H and O–H groups in total. The minimum absolute atomic E-state index is 0.227. The van der Waals surface area contributed by atoms with E-state index in [1.54, 1.807) is 0 Å². The fourth-order valence-electron chi connectivity index (χ4n) is 3.00. The largest absolute Gasteiger partial charge is 0.370 e. The van der Waals surface area contributed by atoms with Gasteiger partial charge in [0.1, 0.15) is 0 Å². The van der Waals surface area contributed by atoms with Crippen molar-refractivity contribution in [3.05, 3.63) is 71.8 Å². The van der Waals surface area contributed by atoms with Crippen LogP contribution >= 0.6 is 15.9 Å². The van der Waals surface area contributed by atoms with Crippen LogP contribution in [0.2, 0.25) is 0 Å². The molecule has 0 aromatic heterocycles. The molecule has 0 spiro atoms. The van der Waals surface area contributed by atoms with Gasteiger partial charge in [-0.1, -0.05) is 76.6 Å². The Balaban J connectivity index is 1.61. The third kappa shape index (κ3) is 4.18. The van der Waals surface area contributed by atoms with E-state index in [-0.39, 0.29) is 6.10 Å². The van der Waals surface area contributed by atoms with E-state index >= 15 is 0 Å². The van der Waals surface area contributed by atoms with Crippen molar-refractivity contribution in [3.8, 4) is 0 Å². The van der Waals surface area contributed by atoms with Gasteiger partial charge in [0.15, 0.2) is 0 Å². The van der Waals surface area contributed by atoms with E-state index in [0.717, 1.165) is 25.7 Å². The Kier molecular flexibility index (Phi) is 5.10. The van der Waals surface area contributed by atoms with Gasteiger partial charge in [-0.05, 0) is 36.8 Å². The zero-order chi connectivity index (χ0) is 14.5. The summed E-state index contributed by atoms with van der Waals surface area (Å²) in [6.07, 6.45) is 4.92. The predicted molar refractivity (Wildman–Crippen MR) is 90.8 cm³/mol. The molecule has 1 aliphatic heterocycles. The molecule has 2 heteroatoms. The van der Waals surface area contributed by atoms with E-state index < -0.39 is 0 Å². The summed E-state index contributed by atoms with van der Waals surface area (Å²) >= 11 is 3.81. The highest BCUT2D eigenvalue weighted by molar-refractivity contribution is 9.09. The van der Waals surface area contributed by atoms with E-state index in [2.05, 4.69) is 76.6 Å². The van der Waals surface area contributed by atoms with Gasteiger partial charge < -0.3 is 4.74 Å². The Morgan fingerprint density at radius 3 is 2.29 bits per heavy atom. The fraction of sp³-hybridized carbons (Fsp3) is 0.368. The first kappa shape index (κ1) is 14.8. The number of benzene rings is 2. The second-order valence-corrected chi connectivity index (χ2v) is 7.05. The Bertz CT molecular complexity index is 540. The number of hydrogen-bond acceptors (Lipinski definition) is 1. The monoisotopic (exact) mass is 344 g/mol. The first-order valence-electron chi connectivity index (χ1n) is 7.69. The van der Waals surface area contributed by atoms with Crippen LogP contribution < -0.4 is 0 Å². The van der Waals surface area contributed by atoms with Gasteiger partial charge in [0.25, 0.3) is 0 Å². The highest BCUT2D eigenvalue weighted by Crippen LogP contribution is 2.36. The van der Waals surface area contributed by atoms with Gasteiger partial charge in [-0.25, -0.2) is 0 Å². The van der Waals surface area contributed by atoms with Crippen molar-refractivity contribution >= 4 is 15.9 Å². The lowest BCUT2D eigenvalue weighted by Gasteiger charge is -2.33. The minimum Gasteiger partial charge on any atom is -0.370 e. The Morgan fingerprint density at radius 1 is 0.905 bits per heavy atom. The Morgan fingerprint density at radius 2 is 1.57 bits per heavy atom. The Labute approximate surface area is 135 Å². The summed E-state index contributed by atoms with van der Waals surface area (Å²) in [6.45, 7) is 0. The highest BCUT2D eigenvalue weighted by atomic mass is 79.9. The molecule has 3 rings (SSSR count). The quantitative estimate of drug-likeness (QED) is 0.683. The fourth-order valence-corrected chi connectivity index (χ4v) is 3.75. The van der Waals surface area contributed by atoms with Gasteiger partial charge in [0.2, 0.25) is 0 Å². The molecule has 0 bridgehead atoms. The second-order valence-electron chi connectivity index (χ2n) is 5.75. The van der Waals surface area contributed by atoms with Crippen LogP contribution in [0.3, 0.4) is 0 Å². The molecule has 1 saturated heterocycles. The molecule has 2 aromatic carbocycles. The van der Waals surface area contributed by atoms with Crippen LogP contribution in [0.25, 0.3) is 0 Å². The molecular weight excluding hydrogens is 324 g/mol. The van der Waals surface area contributed by atoms with Gasteiger partial charge in [-0.2, -0.15) is 0 Å². The van der Waals surface area contributed by atoms with Crippen LogP contribution in [0.15, 0.2) is 60.7 Å². The van der Waals surface area contributed by atoms with Crippen LogP contribution in [0, 0.1) is 0 Å². The summed E-state index contributed by atoms with van der Waals surface area (Å²) in [5.41, 5.74) is 2.69. The van der Waals surface area contributed by atoms with Gasteiger partial charge in [-0.3, -0.25) is 0 Å². The van der Waals surface area contributed by atoms with E-state index in [9.17, 15) is 0 Å². The molecule has 110 valence electrons. The first-order valence-corrected chi connectivity index (χ1v) is 8.61. The van der Waals surface area contributed by atoms with E-state index in [0.29, 0.717) is 10.9 Å². The van der Waals surface area contributed by atoms with Crippen LogP contribution in [0.1, 0.15) is 36.5 Å². The number of rotatable bonds is 4. The maximum atomic E-state index is 6.33. The SMILES string of the molecule is Br[C@@H]1C[C@H](CCc2ccccc2)O[C@H](c2ccccc2)C1. The summed E-state index contributed by atoms with van der Waals surface area (Å²) in [5, 5.41) is 0. The lowest BCUT2D eigenvalue weighted by atomic mass is 9.95. The molecule has 3 atom stereocenters. The third-order valence-corrected chi connectivity index (χ3v) is 4.86. The molecule has 1 nitrogen and oxygen atoms in total. The number of halogens is 1. The summed E-state index contributed by atoms with van der Waals surface area (Å²) in [7, 11) is 0. The van der Waals surface area contributed by atoms with E-state index in [1.165, 1.54) is 11.1 Å². The lowest BCUT2D eigenvalue weighted by molar-refractivity contribution is -0.0512. The van der Waals surface area contributed by atoms with Gasteiger partial charge >= 0.3 is 0 Å². The molecule has 0 aliphatic carbocycles. The van der Waals surface area contributed by atoms with E-state index in [4.69, 9.17) is 4.74 Å². The summed E-state index contributed by atoms with van der Waals surface area (Å²) in [6, 6.07) is 21.3. The topological polar surface area (TPSA) is 9.23 Å². The Hall–Kier alpha value is -1.12. The van der Waals surface area contributed by atoms with Crippen molar-refractivity contribution in [3.63, 3.8) is 0 Å². The summed E-state index contributed by atoms with van der Waals surface area (Å²) in [4.78, 5) is 0.553. The summed E-state index contributed by atoms with van der Waals surface area (Å²) < 4.78 is 6.33. The molecule has 0 saturated carbocycles. The highest BCUT2D eigenvalue weighted by Gasteiger charge is 2.28. The molecule has 2 aromatic rings. The number of aryl methyl sites for hydroxylation is 1. The van der Waals surface area contributed by atoms with Crippen LogP contribution in [0.4, 0.5) is 0 Å². The average molecular weight is 345 g/mol. The third-order valence-electron chi connectivity index (χ3n) is 4.11. The zero-order valence-corrected chi connectivity index (χ0v) is 13.7. The van der Waals surface area contributed by atoms with Crippen LogP contribution in [-0.4, -0.2) is 10.9 Å². The molecule has 1 aliphatic rings. The van der Waals surface area contributed by atoms with Crippen molar-refractivity contribution in [1.29, 1.82) is 0 Å². The number of alkyl halides is 1.